The maximum Gasteiger partial charge on any atom is 0.243 e. The zero-order valence-electron chi connectivity index (χ0n) is 19.0. The first-order valence-corrected chi connectivity index (χ1v) is 11.3. The Kier molecular flexibility index (Phi) is 8.61. The first kappa shape index (κ1) is 23.3. The van der Waals surface area contributed by atoms with Crippen LogP contribution in [0, 0.1) is 6.92 Å². The van der Waals surface area contributed by atoms with Gasteiger partial charge in [0.05, 0.1) is 6.42 Å². The van der Waals surface area contributed by atoms with Gasteiger partial charge in [-0.05, 0) is 30.0 Å². The third-order valence-corrected chi connectivity index (χ3v) is 5.45. The minimum Gasteiger partial charge on any atom is -0.354 e. The number of rotatable bonds is 10. The number of carbonyl (C=O) groups excluding carboxylic acids is 2. The van der Waals surface area contributed by atoms with Gasteiger partial charge < -0.3 is 10.2 Å². The van der Waals surface area contributed by atoms with E-state index in [2.05, 4.69) is 11.4 Å². The van der Waals surface area contributed by atoms with E-state index in [-0.39, 0.29) is 18.2 Å². The van der Waals surface area contributed by atoms with Crippen LogP contribution < -0.4 is 5.32 Å². The highest BCUT2D eigenvalue weighted by Crippen LogP contribution is 2.17. The topological polar surface area (TPSA) is 49.4 Å². The van der Waals surface area contributed by atoms with Gasteiger partial charge in [0.2, 0.25) is 11.8 Å². The van der Waals surface area contributed by atoms with Gasteiger partial charge in [0.15, 0.2) is 0 Å². The van der Waals surface area contributed by atoms with Crippen molar-refractivity contribution in [3.8, 4) is 0 Å². The molecular formula is C28H32N2O2. The number of carbonyl (C=O) groups is 2. The summed E-state index contributed by atoms with van der Waals surface area (Å²) in [5.74, 6) is -0.157. The fourth-order valence-electron chi connectivity index (χ4n) is 3.80. The highest BCUT2D eigenvalue weighted by molar-refractivity contribution is 5.88. The maximum absolute atomic E-state index is 13.6. The van der Waals surface area contributed by atoms with Crippen molar-refractivity contribution in [1.29, 1.82) is 0 Å². The lowest BCUT2D eigenvalue weighted by Crippen LogP contribution is -2.51. The van der Waals surface area contributed by atoms with Crippen molar-refractivity contribution < 1.29 is 9.59 Å². The standard InChI is InChI=1S/C28H32N2O2/c1-3-17-29-28(32)26(19-23-12-6-4-7-13-23)30(21-25-16-10-11-22(2)18-25)27(31)20-24-14-8-5-9-15-24/h4-16,18,26H,3,17,19-21H2,1-2H3,(H,29,32)/t26-/m1/s1. The van der Waals surface area contributed by atoms with Gasteiger partial charge in [-0.1, -0.05) is 97.4 Å². The van der Waals surface area contributed by atoms with Gasteiger partial charge in [-0.15, -0.1) is 0 Å². The molecule has 1 N–H and O–H groups in total. The van der Waals surface area contributed by atoms with Crippen LogP contribution in [0.25, 0.3) is 0 Å². The van der Waals surface area contributed by atoms with Gasteiger partial charge in [-0.25, -0.2) is 0 Å². The summed E-state index contributed by atoms with van der Waals surface area (Å²) >= 11 is 0. The molecule has 4 heteroatoms. The Balaban J connectivity index is 1.94. The number of nitrogens with zero attached hydrogens (tertiary/aromatic N) is 1. The Morgan fingerprint density at radius 1 is 0.844 bits per heavy atom. The second-order valence-electron chi connectivity index (χ2n) is 8.17. The molecule has 32 heavy (non-hydrogen) atoms. The normalized spacial score (nSPS) is 11.6. The van der Waals surface area contributed by atoms with Crippen molar-refractivity contribution in [3.63, 3.8) is 0 Å². The van der Waals surface area contributed by atoms with Crippen molar-refractivity contribution in [2.24, 2.45) is 0 Å². The summed E-state index contributed by atoms with van der Waals surface area (Å²) in [7, 11) is 0. The molecule has 0 saturated heterocycles. The SMILES string of the molecule is CCCNC(=O)[C@@H](Cc1ccccc1)N(Cc1cccc(C)c1)C(=O)Cc1ccccc1. The molecule has 0 aromatic heterocycles. The van der Waals surface area contributed by atoms with E-state index in [1.165, 1.54) is 0 Å². The summed E-state index contributed by atoms with van der Waals surface area (Å²) < 4.78 is 0. The monoisotopic (exact) mass is 428 g/mol. The van der Waals surface area contributed by atoms with Crippen LogP contribution in [-0.2, 0) is 29.0 Å². The molecule has 0 aliphatic rings. The Morgan fingerprint density at radius 3 is 2.09 bits per heavy atom. The molecule has 0 heterocycles. The smallest absolute Gasteiger partial charge is 0.243 e. The molecule has 0 aliphatic heterocycles. The Morgan fingerprint density at radius 2 is 1.47 bits per heavy atom. The van der Waals surface area contributed by atoms with E-state index >= 15 is 0 Å². The number of hydrogen-bond acceptors (Lipinski definition) is 2. The second-order valence-corrected chi connectivity index (χ2v) is 8.17. The highest BCUT2D eigenvalue weighted by atomic mass is 16.2. The first-order chi connectivity index (χ1) is 15.6. The third kappa shape index (κ3) is 6.81. The fourth-order valence-corrected chi connectivity index (χ4v) is 3.80. The van der Waals surface area contributed by atoms with E-state index in [0.29, 0.717) is 19.5 Å². The number of nitrogens with one attached hydrogen (secondary N) is 1. The Hall–Kier alpha value is -3.40. The summed E-state index contributed by atoms with van der Waals surface area (Å²) in [6.07, 6.45) is 1.58. The minimum atomic E-state index is -0.583. The molecule has 3 aromatic carbocycles. The van der Waals surface area contributed by atoms with Crippen LogP contribution in [0.5, 0.6) is 0 Å². The number of aryl methyl sites for hydroxylation is 1. The van der Waals surface area contributed by atoms with E-state index in [4.69, 9.17) is 0 Å². The van der Waals surface area contributed by atoms with E-state index in [1.54, 1.807) is 4.90 Å². The van der Waals surface area contributed by atoms with E-state index in [0.717, 1.165) is 28.7 Å². The minimum absolute atomic E-state index is 0.0507. The van der Waals surface area contributed by atoms with Crippen LogP contribution >= 0.6 is 0 Å². The summed E-state index contributed by atoms with van der Waals surface area (Å²) in [5, 5.41) is 3.02. The van der Waals surface area contributed by atoms with Gasteiger partial charge in [-0.3, -0.25) is 9.59 Å². The second kappa shape index (κ2) is 11.8. The van der Waals surface area contributed by atoms with E-state index < -0.39 is 6.04 Å². The summed E-state index contributed by atoms with van der Waals surface area (Å²) in [6.45, 7) is 5.05. The molecule has 3 aromatic rings. The highest BCUT2D eigenvalue weighted by Gasteiger charge is 2.30. The van der Waals surface area contributed by atoms with Crippen molar-refractivity contribution in [2.75, 3.05) is 6.54 Å². The lowest BCUT2D eigenvalue weighted by molar-refractivity contribution is -0.140. The Labute approximate surface area is 191 Å². The molecule has 166 valence electrons. The predicted octanol–water partition coefficient (Wildman–Crippen LogP) is 4.70. The molecule has 0 unspecified atom stereocenters. The van der Waals surface area contributed by atoms with Crippen molar-refractivity contribution in [2.45, 2.75) is 45.7 Å². The largest absolute Gasteiger partial charge is 0.354 e. The molecule has 0 saturated carbocycles. The molecule has 0 fully saturated rings. The third-order valence-electron chi connectivity index (χ3n) is 5.45. The number of hydrogen-bond donors (Lipinski definition) is 1. The summed E-state index contributed by atoms with van der Waals surface area (Å²) in [4.78, 5) is 28.6. The maximum atomic E-state index is 13.6. The average molecular weight is 429 g/mol. The van der Waals surface area contributed by atoms with Gasteiger partial charge in [0.25, 0.3) is 0 Å². The number of amides is 2. The van der Waals surface area contributed by atoms with Crippen molar-refractivity contribution in [3.05, 3.63) is 107 Å². The van der Waals surface area contributed by atoms with Gasteiger partial charge in [0, 0.05) is 19.5 Å². The molecule has 3 rings (SSSR count). The fraction of sp³-hybridized carbons (Fsp3) is 0.286. The van der Waals surface area contributed by atoms with Crippen LogP contribution in [0.15, 0.2) is 84.9 Å². The summed E-state index contributed by atoms with van der Waals surface area (Å²) in [6, 6.07) is 27.1. The van der Waals surface area contributed by atoms with Gasteiger partial charge in [-0.2, -0.15) is 0 Å². The van der Waals surface area contributed by atoms with Crippen LogP contribution in [0.4, 0.5) is 0 Å². The quantitative estimate of drug-likeness (QED) is 0.509. The van der Waals surface area contributed by atoms with Crippen LogP contribution in [0.3, 0.4) is 0 Å². The molecule has 1 atom stereocenters. The molecule has 0 radical (unpaired) electrons. The zero-order valence-corrected chi connectivity index (χ0v) is 19.0. The van der Waals surface area contributed by atoms with E-state index in [1.807, 2.05) is 92.7 Å². The number of benzene rings is 3. The molecule has 0 aliphatic carbocycles. The van der Waals surface area contributed by atoms with Gasteiger partial charge >= 0.3 is 0 Å². The molecule has 4 nitrogen and oxygen atoms in total. The van der Waals surface area contributed by atoms with Crippen LogP contribution in [0.1, 0.15) is 35.6 Å². The zero-order chi connectivity index (χ0) is 22.8. The van der Waals surface area contributed by atoms with E-state index in [9.17, 15) is 9.59 Å². The van der Waals surface area contributed by atoms with Gasteiger partial charge in [0.1, 0.15) is 6.04 Å². The summed E-state index contributed by atoms with van der Waals surface area (Å²) in [5.41, 5.74) is 4.13. The van der Waals surface area contributed by atoms with Crippen LogP contribution in [0.2, 0.25) is 0 Å². The molecule has 2 amide bonds. The van der Waals surface area contributed by atoms with Crippen LogP contribution in [-0.4, -0.2) is 29.3 Å². The molecular weight excluding hydrogens is 396 g/mol. The van der Waals surface area contributed by atoms with Crippen molar-refractivity contribution in [1.82, 2.24) is 10.2 Å². The molecule has 0 spiro atoms. The average Bonchev–Trinajstić information content (AvgIpc) is 2.81. The predicted molar refractivity (Wildman–Crippen MR) is 129 cm³/mol. The Bertz CT molecular complexity index is 1000. The van der Waals surface area contributed by atoms with Crippen molar-refractivity contribution >= 4 is 11.8 Å². The first-order valence-electron chi connectivity index (χ1n) is 11.3. The lowest BCUT2D eigenvalue weighted by Gasteiger charge is -2.32. The molecule has 0 bridgehead atoms. The lowest BCUT2D eigenvalue weighted by atomic mass is 10.0.